The van der Waals surface area contributed by atoms with E-state index >= 15 is 0 Å². The molecule has 0 saturated heterocycles. The van der Waals surface area contributed by atoms with E-state index in [2.05, 4.69) is 25.7 Å². The predicted molar refractivity (Wildman–Crippen MR) is 111 cm³/mol. The molecule has 1 aromatic heterocycles. The Morgan fingerprint density at radius 3 is 2.64 bits per heavy atom. The standard InChI is InChI=1S/C17H23F3N6O.HI/c1-4-21-16(23-9-15-24-11-25-26(15)3)22-8-13-6-5-12(2)7-14(13)27-10-17(18,19)20;/h5-7,11H,4,8-10H2,1-3H3,(H2,21,22,23);1H. The van der Waals surface area contributed by atoms with Gasteiger partial charge in [-0.05, 0) is 25.5 Å². The average Bonchev–Trinajstić information content (AvgIpc) is 3.01. The highest BCUT2D eigenvalue weighted by molar-refractivity contribution is 14.0. The number of nitrogens with one attached hydrogen (secondary N) is 2. The number of hydrogen-bond donors (Lipinski definition) is 2. The minimum absolute atomic E-state index is 0. The summed E-state index contributed by atoms with van der Waals surface area (Å²) in [7, 11) is 1.78. The lowest BCUT2D eigenvalue weighted by Crippen LogP contribution is -2.37. The van der Waals surface area contributed by atoms with Crippen LogP contribution in [0.2, 0.25) is 0 Å². The monoisotopic (exact) mass is 512 g/mol. The Labute approximate surface area is 178 Å². The Balaban J connectivity index is 0.00000392. The number of aromatic nitrogens is 3. The van der Waals surface area contributed by atoms with Gasteiger partial charge in [0.2, 0.25) is 0 Å². The number of hydrogen-bond acceptors (Lipinski definition) is 4. The molecule has 1 aromatic carbocycles. The van der Waals surface area contributed by atoms with Gasteiger partial charge in [0, 0.05) is 19.2 Å². The van der Waals surface area contributed by atoms with Crippen LogP contribution in [0.1, 0.15) is 23.9 Å². The second-order valence-corrected chi connectivity index (χ2v) is 5.86. The molecule has 0 atom stereocenters. The largest absolute Gasteiger partial charge is 0.484 e. The molecule has 156 valence electrons. The van der Waals surface area contributed by atoms with Crippen molar-refractivity contribution in [1.29, 1.82) is 0 Å². The molecule has 11 heteroatoms. The quantitative estimate of drug-likeness (QED) is 0.339. The van der Waals surface area contributed by atoms with Crippen LogP contribution >= 0.6 is 24.0 Å². The van der Waals surface area contributed by atoms with Crippen LogP contribution in [0.15, 0.2) is 29.5 Å². The fourth-order valence-corrected chi connectivity index (χ4v) is 2.24. The molecule has 0 bridgehead atoms. The fourth-order valence-electron chi connectivity index (χ4n) is 2.24. The number of aliphatic imine (C=N–C) groups is 1. The van der Waals surface area contributed by atoms with E-state index in [0.29, 0.717) is 24.6 Å². The van der Waals surface area contributed by atoms with Gasteiger partial charge in [-0.15, -0.1) is 24.0 Å². The minimum atomic E-state index is -4.39. The molecular formula is C17H24F3IN6O. The molecule has 0 radical (unpaired) electrons. The molecule has 0 unspecified atom stereocenters. The normalized spacial score (nSPS) is 11.7. The van der Waals surface area contributed by atoms with Gasteiger partial charge in [-0.2, -0.15) is 18.3 Å². The van der Waals surface area contributed by atoms with Gasteiger partial charge >= 0.3 is 6.18 Å². The third-order valence-corrected chi connectivity index (χ3v) is 3.58. The molecule has 0 spiro atoms. The highest BCUT2D eigenvalue weighted by Gasteiger charge is 2.28. The molecular weight excluding hydrogens is 488 g/mol. The second kappa shape index (κ2) is 11.1. The van der Waals surface area contributed by atoms with Crippen LogP contribution in [0.4, 0.5) is 13.2 Å². The van der Waals surface area contributed by atoms with Crippen LogP contribution in [0.25, 0.3) is 0 Å². The van der Waals surface area contributed by atoms with E-state index in [1.54, 1.807) is 30.8 Å². The molecule has 28 heavy (non-hydrogen) atoms. The summed E-state index contributed by atoms with van der Waals surface area (Å²) >= 11 is 0. The van der Waals surface area contributed by atoms with Crippen LogP contribution in [0, 0.1) is 6.92 Å². The van der Waals surface area contributed by atoms with E-state index in [1.807, 2.05) is 13.0 Å². The highest BCUT2D eigenvalue weighted by Crippen LogP contribution is 2.24. The number of ether oxygens (including phenoxy) is 1. The molecule has 2 N–H and O–H groups in total. The lowest BCUT2D eigenvalue weighted by molar-refractivity contribution is -0.153. The summed E-state index contributed by atoms with van der Waals surface area (Å²) in [6.45, 7) is 3.59. The van der Waals surface area contributed by atoms with E-state index in [9.17, 15) is 13.2 Å². The lowest BCUT2D eigenvalue weighted by atomic mass is 10.1. The molecule has 0 amide bonds. The zero-order valence-corrected chi connectivity index (χ0v) is 18.2. The van der Waals surface area contributed by atoms with Crippen molar-refractivity contribution in [3.05, 3.63) is 41.5 Å². The van der Waals surface area contributed by atoms with Crippen molar-refractivity contribution in [2.45, 2.75) is 33.1 Å². The number of halogens is 4. The number of guanidine groups is 1. The summed E-state index contributed by atoms with van der Waals surface area (Å²) in [5.74, 6) is 1.42. The number of nitrogens with zero attached hydrogens (tertiary/aromatic N) is 4. The molecule has 0 aliphatic rings. The summed E-state index contributed by atoms with van der Waals surface area (Å²) < 4.78 is 44.0. The van der Waals surface area contributed by atoms with Crippen LogP contribution in [0.3, 0.4) is 0 Å². The van der Waals surface area contributed by atoms with Crippen molar-refractivity contribution in [2.75, 3.05) is 13.2 Å². The summed E-state index contributed by atoms with van der Waals surface area (Å²) in [5, 5.41) is 10.2. The maximum absolute atomic E-state index is 12.5. The Bertz CT molecular complexity index is 778. The Morgan fingerprint density at radius 2 is 2.04 bits per heavy atom. The van der Waals surface area contributed by atoms with Gasteiger partial charge in [0.25, 0.3) is 0 Å². The SMILES string of the molecule is CCNC(=NCc1ccc(C)cc1OCC(F)(F)F)NCc1ncnn1C.I. The van der Waals surface area contributed by atoms with Crippen molar-refractivity contribution >= 4 is 29.9 Å². The number of benzene rings is 1. The van der Waals surface area contributed by atoms with Crippen molar-refractivity contribution in [1.82, 2.24) is 25.4 Å². The number of rotatable bonds is 7. The maximum Gasteiger partial charge on any atom is 0.422 e. The summed E-state index contributed by atoms with van der Waals surface area (Å²) in [6, 6.07) is 5.11. The van der Waals surface area contributed by atoms with Gasteiger partial charge in [0.15, 0.2) is 12.6 Å². The topological polar surface area (TPSA) is 76.4 Å². The minimum Gasteiger partial charge on any atom is -0.484 e. The molecule has 0 saturated carbocycles. The van der Waals surface area contributed by atoms with E-state index in [0.717, 1.165) is 11.4 Å². The molecule has 1 heterocycles. The van der Waals surface area contributed by atoms with Crippen molar-refractivity contribution < 1.29 is 17.9 Å². The first-order valence-electron chi connectivity index (χ1n) is 8.42. The molecule has 2 aromatic rings. The van der Waals surface area contributed by atoms with Crippen LogP contribution in [0.5, 0.6) is 5.75 Å². The third-order valence-electron chi connectivity index (χ3n) is 3.58. The van der Waals surface area contributed by atoms with E-state index in [4.69, 9.17) is 4.74 Å². The Kier molecular flexibility index (Phi) is 9.49. The molecule has 0 aliphatic heterocycles. The van der Waals surface area contributed by atoms with Crippen LogP contribution in [-0.4, -0.2) is 40.1 Å². The van der Waals surface area contributed by atoms with Gasteiger partial charge in [-0.3, -0.25) is 4.68 Å². The van der Waals surface area contributed by atoms with E-state index in [1.165, 1.54) is 6.33 Å². The zero-order chi connectivity index (χ0) is 19.9. The Morgan fingerprint density at radius 1 is 1.29 bits per heavy atom. The van der Waals surface area contributed by atoms with Crippen LogP contribution < -0.4 is 15.4 Å². The summed E-state index contributed by atoms with van der Waals surface area (Å²) in [4.78, 5) is 8.54. The first-order valence-corrected chi connectivity index (χ1v) is 8.42. The summed E-state index contributed by atoms with van der Waals surface area (Å²) in [5.41, 5.74) is 1.38. The van der Waals surface area contributed by atoms with Gasteiger partial charge < -0.3 is 15.4 Å². The third kappa shape index (κ3) is 7.90. The van der Waals surface area contributed by atoms with Crippen molar-refractivity contribution in [3.63, 3.8) is 0 Å². The Hall–Kier alpha value is -2.05. The fraction of sp³-hybridized carbons (Fsp3) is 0.471. The van der Waals surface area contributed by atoms with Crippen LogP contribution in [-0.2, 0) is 20.1 Å². The van der Waals surface area contributed by atoms with E-state index in [-0.39, 0.29) is 36.3 Å². The predicted octanol–water partition coefficient (Wildman–Crippen LogP) is 2.94. The first kappa shape index (κ1) is 24.0. The van der Waals surface area contributed by atoms with E-state index < -0.39 is 12.8 Å². The highest BCUT2D eigenvalue weighted by atomic mass is 127. The molecule has 0 aliphatic carbocycles. The van der Waals surface area contributed by atoms with Gasteiger partial charge in [-0.1, -0.05) is 12.1 Å². The van der Waals surface area contributed by atoms with Crippen molar-refractivity contribution in [3.8, 4) is 5.75 Å². The number of aryl methyl sites for hydroxylation is 2. The number of alkyl halides is 3. The maximum atomic E-state index is 12.5. The first-order chi connectivity index (χ1) is 12.8. The molecule has 2 rings (SSSR count). The second-order valence-electron chi connectivity index (χ2n) is 5.86. The molecule has 0 fully saturated rings. The zero-order valence-electron chi connectivity index (χ0n) is 15.9. The van der Waals surface area contributed by atoms with Crippen molar-refractivity contribution in [2.24, 2.45) is 12.0 Å². The van der Waals surface area contributed by atoms with Gasteiger partial charge in [-0.25, -0.2) is 9.98 Å². The van der Waals surface area contributed by atoms with Gasteiger partial charge in [0.05, 0.1) is 13.1 Å². The smallest absolute Gasteiger partial charge is 0.422 e. The molecule has 7 nitrogen and oxygen atoms in total. The summed E-state index contributed by atoms with van der Waals surface area (Å²) in [6.07, 6.45) is -2.94. The average molecular weight is 512 g/mol. The van der Waals surface area contributed by atoms with Gasteiger partial charge in [0.1, 0.15) is 17.9 Å². The lowest BCUT2D eigenvalue weighted by Gasteiger charge is -2.14.